The fourth-order valence-electron chi connectivity index (χ4n) is 5.95. The predicted molar refractivity (Wildman–Crippen MR) is 81.1 cm³/mol. The summed E-state index contributed by atoms with van der Waals surface area (Å²) in [6.45, 7) is 3.73. The van der Waals surface area contributed by atoms with Gasteiger partial charge in [-0.25, -0.2) is 0 Å². The molecule has 3 aliphatic rings. The van der Waals surface area contributed by atoms with Gasteiger partial charge in [0.25, 0.3) is 0 Å². The molecule has 0 saturated heterocycles. The number of rotatable bonds is 2. The van der Waals surface area contributed by atoms with Crippen LogP contribution >= 0.6 is 0 Å². The van der Waals surface area contributed by atoms with Gasteiger partial charge < -0.3 is 25.5 Å². The Morgan fingerprint density at radius 2 is 1.09 bits per heavy atom. The van der Waals surface area contributed by atoms with Gasteiger partial charge in [-0.3, -0.25) is 0 Å². The summed E-state index contributed by atoms with van der Waals surface area (Å²) in [5, 5.41) is 55.4. The molecule has 3 rings (SSSR count). The number of aliphatic hydroxyl groups is 5. The summed E-state index contributed by atoms with van der Waals surface area (Å²) in [4.78, 5) is 0. The Balaban J connectivity index is 2.17. The van der Waals surface area contributed by atoms with Gasteiger partial charge in [0, 0.05) is 11.8 Å². The highest BCUT2D eigenvalue weighted by Crippen LogP contribution is 2.64. The molecule has 0 aromatic carbocycles. The highest BCUT2D eigenvalue weighted by atomic mass is 16.4. The lowest BCUT2D eigenvalue weighted by atomic mass is 9.57. The summed E-state index contributed by atoms with van der Waals surface area (Å²) >= 11 is 0. The lowest BCUT2D eigenvalue weighted by Crippen LogP contribution is -2.61. The Kier molecular flexibility index (Phi) is 3.71. The molecule has 3 saturated carbocycles. The van der Waals surface area contributed by atoms with Crippen molar-refractivity contribution >= 4 is 0 Å². The molecule has 3 fully saturated rings. The van der Waals surface area contributed by atoms with E-state index in [4.69, 9.17) is 0 Å². The second-order valence-electron chi connectivity index (χ2n) is 7.96. The topological polar surface area (TPSA) is 101 Å². The summed E-state index contributed by atoms with van der Waals surface area (Å²) in [6.07, 6.45) is 2.60. The molecule has 0 radical (unpaired) electrons. The molecule has 5 heteroatoms. The second-order valence-corrected chi connectivity index (χ2v) is 7.96. The zero-order valence-corrected chi connectivity index (χ0v) is 13.6. The van der Waals surface area contributed by atoms with Crippen molar-refractivity contribution in [3.8, 4) is 0 Å². The number of hydrogen-bond acceptors (Lipinski definition) is 5. The van der Waals surface area contributed by atoms with Gasteiger partial charge in [0.1, 0.15) is 6.10 Å². The van der Waals surface area contributed by atoms with Crippen LogP contribution in [0.4, 0.5) is 0 Å². The van der Waals surface area contributed by atoms with Crippen molar-refractivity contribution in [3.05, 3.63) is 0 Å². The minimum absolute atomic E-state index is 0.361. The first-order chi connectivity index (χ1) is 10.2. The zero-order chi connectivity index (χ0) is 16.4. The van der Waals surface area contributed by atoms with Gasteiger partial charge >= 0.3 is 0 Å². The van der Waals surface area contributed by atoms with E-state index in [0.717, 1.165) is 0 Å². The van der Waals surface area contributed by atoms with E-state index in [0.29, 0.717) is 51.4 Å². The third-order valence-corrected chi connectivity index (χ3v) is 7.11. The van der Waals surface area contributed by atoms with Crippen molar-refractivity contribution in [3.63, 3.8) is 0 Å². The van der Waals surface area contributed by atoms with E-state index in [1.165, 1.54) is 0 Å². The first-order valence-corrected chi connectivity index (χ1v) is 8.75. The highest BCUT2D eigenvalue weighted by molar-refractivity contribution is 5.26. The average Bonchev–Trinajstić information content (AvgIpc) is 2.68. The van der Waals surface area contributed by atoms with Crippen LogP contribution in [-0.4, -0.2) is 54.0 Å². The molecular weight excluding hydrogens is 284 g/mol. The molecule has 0 amide bonds. The standard InChI is InChI=1S/C17H30O5/c1-3-14(19)7-5-9-16(21)11(14)12-15(20,4-2)8-6-10-17(12,22)13(16)18/h11-13,18-22H,3-10H2,1-2H3/t11-,12-,14-,15-,16-,17-/m0/s1. The van der Waals surface area contributed by atoms with E-state index < -0.39 is 40.3 Å². The molecule has 6 atom stereocenters. The molecule has 0 bridgehead atoms. The summed E-state index contributed by atoms with van der Waals surface area (Å²) in [5.41, 5.74) is -5.33. The second kappa shape index (κ2) is 4.90. The third kappa shape index (κ3) is 1.83. The number of fused-ring (bicyclic) bond motifs is 3. The maximum absolute atomic E-state index is 11.2. The van der Waals surface area contributed by atoms with Gasteiger partial charge in [0.05, 0.1) is 22.4 Å². The Morgan fingerprint density at radius 3 is 1.41 bits per heavy atom. The minimum atomic E-state index is -1.52. The summed E-state index contributed by atoms with van der Waals surface area (Å²) in [6, 6.07) is 0. The molecule has 0 spiro atoms. The molecule has 128 valence electrons. The minimum Gasteiger partial charge on any atom is -0.389 e. The Morgan fingerprint density at radius 1 is 0.727 bits per heavy atom. The van der Waals surface area contributed by atoms with E-state index in [-0.39, 0.29) is 0 Å². The zero-order valence-electron chi connectivity index (χ0n) is 13.6. The molecule has 0 unspecified atom stereocenters. The van der Waals surface area contributed by atoms with Crippen molar-refractivity contribution in [2.75, 3.05) is 0 Å². The van der Waals surface area contributed by atoms with Crippen LogP contribution < -0.4 is 0 Å². The van der Waals surface area contributed by atoms with Crippen molar-refractivity contribution in [1.29, 1.82) is 0 Å². The smallest absolute Gasteiger partial charge is 0.112 e. The summed E-state index contributed by atoms with van der Waals surface area (Å²) in [7, 11) is 0. The van der Waals surface area contributed by atoms with Crippen molar-refractivity contribution in [1.82, 2.24) is 0 Å². The van der Waals surface area contributed by atoms with Crippen LogP contribution in [0.2, 0.25) is 0 Å². The van der Waals surface area contributed by atoms with Crippen LogP contribution in [0.25, 0.3) is 0 Å². The van der Waals surface area contributed by atoms with Crippen molar-refractivity contribution in [2.24, 2.45) is 11.8 Å². The first kappa shape index (κ1) is 16.7. The van der Waals surface area contributed by atoms with Gasteiger partial charge in [-0.05, 0) is 51.4 Å². The molecule has 0 aromatic heterocycles. The molecule has 0 aromatic rings. The number of hydrogen-bond donors (Lipinski definition) is 5. The van der Waals surface area contributed by atoms with Gasteiger partial charge in [0.2, 0.25) is 0 Å². The van der Waals surface area contributed by atoms with E-state index in [9.17, 15) is 25.5 Å². The molecule has 5 N–H and O–H groups in total. The van der Waals surface area contributed by atoms with Gasteiger partial charge in [0.15, 0.2) is 0 Å². The fraction of sp³-hybridized carbons (Fsp3) is 1.00. The fourth-order valence-corrected chi connectivity index (χ4v) is 5.95. The molecule has 22 heavy (non-hydrogen) atoms. The quantitative estimate of drug-likeness (QED) is 0.517. The molecule has 0 aliphatic heterocycles. The van der Waals surface area contributed by atoms with Crippen molar-refractivity contribution < 1.29 is 25.5 Å². The average molecular weight is 314 g/mol. The van der Waals surface area contributed by atoms with Gasteiger partial charge in [-0.2, -0.15) is 0 Å². The maximum Gasteiger partial charge on any atom is 0.112 e. The monoisotopic (exact) mass is 314 g/mol. The van der Waals surface area contributed by atoms with E-state index in [1.807, 2.05) is 13.8 Å². The SMILES string of the molecule is CC[C@]1(O)CCC[C@@]2(O)C(O)[C@]3(O)CCC[C@@](O)(CC)[C@@H]3[C@@H]12. The molecular formula is C17H30O5. The molecule has 5 nitrogen and oxygen atoms in total. The summed E-state index contributed by atoms with van der Waals surface area (Å²) in [5.74, 6) is -1.38. The van der Waals surface area contributed by atoms with Gasteiger partial charge in [-0.15, -0.1) is 0 Å². The Labute approximate surface area is 132 Å². The highest BCUT2D eigenvalue weighted by Gasteiger charge is 2.75. The summed E-state index contributed by atoms with van der Waals surface area (Å²) < 4.78 is 0. The van der Waals surface area contributed by atoms with Crippen LogP contribution in [-0.2, 0) is 0 Å². The molecule has 3 aliphatic carbocycles. The van der Waals surface area contributed by atoms with E-state index >= 15 is 0 Å². The normalized spacial score (nSPS) is 58.2. The predicted octanol–water partition coefficient (Wildman–Crippen LogP) is 0.705. The Bertz CT molecular complexity index is 416. The lowest BCUT2D eigenvalue weighted by Gasteiger charge is -2.53. The first-order valence-electron chi connectivity index (χ1n) is 8.75. The third-order valence-electron chi connectivity index (χ3n) is 7.11. The molecule has 0 heterocycles. The van der Waals surface area contributed by atoms with Crippen molar-refractivity contribution in [2.45, 2.75) is 93.7 Å². The van der Waals surface area contributed by atoms with Crippen LogP contribution in [0, 0.1) is 11.8 Å². The van der Waals surface area contributed by atoms with Gasteiger partial charge in [-0.1, -0.05) is 13.8 Å². The largest absolute Gasteiger partial charge is 0.389 e. The maximum atomic E-state index is 11.2. The van der Waals surface area contributed by atoms with E-state index in [2.05, 4.69) is 0 Å². The lowest BCUT2D eigenvalue weighted by molar-refractivity contribution is -0.207. The van der Waals surface area contributed by atoms with Crippen LogP contribution in [0.1, 0.15) is 65.2 Å². The van der Waals surface area contributed by atoms with Crippen LogP contribution in [0.15, 0.2) is 0 Å². The number of aliphatic hydroxyl groups excluding tert-OH is 1. The van der Waals surface area contributed by atoms with Crippen LogP contribution in [0.5, 0.6) is 0 Å². The Hall–Kier alpha value is -0.200. The van der Waals surface area contributed by atoms with Crippen LogP contribution in [0.3, 0.4) is 0 Å². The van der Waals surface area contributed by atoms with E-state index in [1.54, 1.807) is 0 Å².